The first kappa shape index (κ1) is 49.6. The van der Waals surface area contributed by atoms with Crippen molar-refractivity contribution in [2.45, 2.75) is 180 Å². The molecule has 0 aliphatic carbocycles. The zero-order chi connectivity index (χ0) is 37.7. The van der Waals surface area contributed by atoms with Crippen LogP contribution in [0.5, 0.6) is 0 Å². The highest BCUT2D eigenvalue weighted by molar-refractivity contribution is 7.47. The predicted octanol–water partition coefficient (Wildman–Crippen LogP) is 12.2. The monoisotopic (exact) mass is 743 g/mol. The lowest BCUT2D eigenvalue weighted by molar-refractivity contribution is -0.870. The van der Waals surface area contributed by atoms with E-state index in [2.05, 4.69) is 19.9 Å². The molecule has 2 atom stereocenters. The first-order valence-corrected chi connectivity index (χ1v) is 22.3. The van der Waals surface area contributed by atoms with E-state index >= 15 is 0 Å². The van der Waals surface area contributed by atoms with Gasteiger partial charge in [-0.05, 0) is 31.8 Å². The first-order valence-electron chi connectivity index (χ1n) is 20.8. The second-order valence-electron chi connectivity index (χ2n) is 15.2. The van der Waals surface area contributed by atoms with Crippen molar-refractivity contribution in [3.05, 3.63) is 36.6 Å². The van der Waals surface area contributed by atoms with Crippen molar-refractivity contribution >= 4 is 13.8 Å². The molecule has 0 aliphatic rings. The average Bonchev–Trinajstić information content (AvgIpc) is 3.08. The third-order valence-electron chi connectivity index (χ3n) is 8.88. The van der Waals surface area contributed by atoms with Crippen LogP contribution in [0.3, 0.4) is 0 Å². The van der Waals surface area contributed by atoms with Crippen LogP contribution in [0.2, 0.25) is 0 Å². The Balaban J connectivity index is 4.43. The maximum absolute atomic E-state index is 12.5. The Bertz CT molecular complexity index is 915. The SMILES string of the molecule is CCCCCCCCCCCCC/C=C/C=C/C(=O)O[C@H](CO/C=C/CCCCCCCCCCCCCC)COP(=O)(O)OCC[N+](C)(C)C. The molecule has 51 heavy (non-hydrogen) atoms. The molecule has 9 heteroatoms. The number of hydrogen-bond donors (Lipinski definition) is 1. The molecule has 1 unspecified atom stereocenters. The molecule has 0 aromatic rings. The van der Waals surface area contributed by atoms with E-state index in [0.717, 1.165) is 25.7 Å². The molecule has 0 rings (SSSR count). The second kappa shape index (κ2) is 35.6. The summed E-state index contributed by atoms with van der Waals surface area (Å²) >= 11 is 0. The molecule has 0 saturated heterocycles. The van der Waals surface area contributed by atoms with Crippen molar-refractivity contribution in [3.8, 4) is 0 Å². The molecular weight excluding hydrogens is 661 g/mol. The highest BCUT2D eigenvalue weighted by atomic mass is 31.2. The number of phosphoric acid groups is 1. The number of unbranched alkanes of at least 4 members (excludes halogenated alkanes) is 23. The smallest absolute Gasteiger partial charge is 0.472 e. The van der Waals surface area contributed by atoms with E-state index in [1.54, 1.807) is 12.3 Å². The summed E-state index contributed by atoms with van der Waals surface area (Å²) in [4.78, 5) is 22.7. The minimum absolute atomic E-state index is 0.00208. The van der Waals surface area contributed by atoms with Gasteiger partial charge in [-0.15, -0.1) is 0 Å². The Morgan fingerprint density at radius 1 is 0.627 bits per heavy atom. The molecule has 0 amide bonds. The third-order valence-corrected chi connectivity index (χ3v) is 9.86. The zero-order valence-corrected chi connectivity index (χ0v) is 34.7. The van der Waals surface area contributed by atoms with Gasteiger partial charge in [-0.25, -0.2) is 9.36 Å². The number of phosphoric ester groups is 1. The van der Waals surface area contributed by atoms with Gasteiger partial charge in [0.1, 0.15) is 19.8 Å². The Morgan fingerprint density at radius 3 is 1.55 bits per heavy atom. The van der Waals surface area contributed by atoms with Crippen LogP contribution in [0.15, 0.2) is 36.6 Å². The number of nitrogens with zero attached hydrogens (tertiary/aromatic N) is 1. The summed E-state index contributed by atoms with van der Waals surface area (Å²) in [6.07, 6.45) is 41.9. The Hall–Kier alpha value is -1.44. The van der Waals surface area contributed by atoms with Crippen LogP contribution in [-0.2, 0) is 27.9 Å². The number of carbonyl (C=O) groups excluding carboxylic acids is 1. The quantitative estimate of drug-likeness (QED) is 0.0128. The van der Waals surface area contributed by atoms with Crippen LogP contribution in [-0.4, -0.2) is 69.0 Å². The number of quaternary nitrogens is 1. The molecule has 0 aromatic carbocycles. The van der Waals surface area contributed by atoms with Gasteiger partial charge in [0.2, 0.25) is 0 Å². The van der Waals surface area contributed by atoms with Gasteiger partial charge in [-0.1, -0.05) is 167 Å². The van der Waals surface area contributed by atoms with E-state index in [1.165, 1.54) is 141 Å². The van der Waals surface area contributed by atoms with Gasteiger partial charge in [0, 0.05) is 6.08 Å². The second-order valence-corrected chi connectivity index (χ2v) is 16.6. The fourth-order valence-corrected chi connectivity index (χ4v) is 6.34. The number of allylic oxidation sites excluding steroid dienone is 4. The van der Waals surface area contributed by atoms with Gasteiger partial charge >= 0.3 is 13.8 Å². The highest BCUT2D eigenvalue weighted by Crippen LogP contribution is 2.43. The Kier molecular flexibility index (Phi) is 34.6. The fourth-order valence-electron chi connectivity index (χ4n) is 5.60. The van der Waals surface area contributed by atoms with Crippen molar-refractivity contribution < 1.29 is 37.3 Å². The molecule has 0 bridgehead atoms. The van der Waals surface area contributed by atoms with E-state index in [4.69, 9.17) is 18.5 Å². The molecule has 0 fully saturated rings. The van der Waals surface area contributed by atoms with Crippen molar-refractivity contribution in [1.29, 1.82) is 0 Å². The lowest BCUT2D eigenvalue weighted by Gasteiger charge is -2.24. The number of hydrogen-bond acceptors (Lipinski definition) is 6. The van der Waals surface area contributed by atoms with Crippen LogP contribution in [0.4, 0.5) is 0 Å². The summed E-state index contributed by atoms with van der Waals surface area (Å²) in [7, 11) is 1.58. The number of carbonyl (C=O) groups is 1. The van der Waals surface area contributed by atoms with Crippen molar-refractivity contribution in [2.24, 2.45) is 0 Å². The highest BCUT2D eigenvalue weighted by Gasteiger charge is 2.26. The molecule has 0 spiro atoms. The Labute approximate surface area is 315 Å². The normalized spacial score (nSPS) is 14.2. The predicted molar refractivity (Wildman–Crippen MR) is 215 cm³/mol. The van der Waals surface area contributed by atoms with Crippen LogP contribution in [0, 0.1) is 0 Å². The summed E-state index contributed by atoms with van der Waals surface area (Å²) in [6.45, 7) is 4.81. The van der Waals surface area contributed by atoms with Crippen LogP contribution in [0.25, 0.3) is 0 Å². The van der Waals surface area contributed by atoms with E-state index < -0.39 is 19.9 Å². The minimum Gasteiger partial charge on any atom is -0.498 e. The molecule has 0 heterocycles. The summed E-state index contributed by atoms with van der Waals surface area (Å²) in [5.74, 6) is -0.564. The summed E-state index contributed by atoms with van der Waals surface area (Å²) < 4.78 is 34.5. The molecule has 0 saturated carbocycles. The van der Waals surface area contributed by atoms with E-state index in [0.29, 0.717) is 11.0 Å². The largest absolute Gasteiger partial charge is 0.498 e. The lowest BCUT2D eigenvalue weighted by atomic mass is 10.0. The van der Waals surface area contributed by atoms with E-state index in [9.17, 15) is 14.3 Å². The average molecular weight is 743 g/mol. The van der Waals surface area contributed by atoms with Crippen molar-refractivity contribution in [3.63, 3.8) is 0 Å². The van der Waals surface area contributed by atoms with Crippen LogP contribution < -0.4 is 0 Å². The molecule has 8 nitrogen and oxygen atoms in total. The van der Waals surface area contributed by atoms with Crippen LogP contribution >= 0.6 is 7.82 Å². The molecule has 1 N–H and O–H groups in total. The summed E-state index contributed by atoms with van der Waals surface area (Å²) in [5, 5.41) is 0. The molecule has 0 aromatic heterocycles. The van der Waals surface area contributed by atoms with Crippen molar-refractivity contribution in [2.75, 3.05) is 47.5 Å². The Morgan fingerprint density at radius 2 is 1.08 bits per heavy atom. The van der Waals surface area contributed by atoms with Gasteiger partial charge in [-0.2, -0.15) is 0 Å². The standard InChI is InChI=1S/C42H80NO7P/c1-6-8-10-12-14-16-18-20-22-23-25-27-29-31-33-35-42(44)50-41(40-49-51(45,46)48-38-36-43(3,4)5)39-47-37-34-32-30-28-26-24-21-19-17-15-13-11-9-7-2/h29,31,33-35,37,41H,6-28,30,32,36,38-40H2,1-5H3/p+1/b31-29+,35-33+,37-34+/t41-/m1/s1. The zero-order valence-electron chi connectivity index (χ0n) is 33.8. The lowest BCUT2D eigenvalue weighted by Crippen LogP contribution is -2.37. The molecule has 300 valence electrons. The maximum Gasteiger partial charge on any atom is 0.472 e. The van der Waals surface area contributed by atoms with Crippen LogP contribution in [0.1, 0.15) is 174 Å². The number of rotatable bonds is 38. The van der Waals surface area contributed by atoms with Gasteiger partial charge in [0.15, 0.2) is 6.10 Å². The van der Waals surface area contributed by atoms with Gasteiger partial charge in [-0.3, -0.25) is 9.05 Å². The number of ether oxygens (including phenoxy) is 2. The topological polar surface area (TPSA) is 91.3 Å². The van der Waals surface area contributed by atoms with Gasteiger partial charge < -0.3 is 18.9 Å². The third kappa shape index (κ3) is 39.6. The van der Waals surface area contributed by atoms with E-state index in [1.807, 2.05) is 33.3 Å². The maximum atomic E-state index is 12.5. The van der Waals surface area contributed by atoms with Crippen molar-refractivity contribution in [1.82, 2.24) is 0 Å². The minimum atomic E-state index is -4.31. The molecule has 0 aliphatic heterocycles. The number of esters is 1. The van der Waals surface area contributed by atoms with Gasteiger partial charge in [0.05, 0.1) is 34.0 Å². The van der Waals surface area contributed by atoms with E-state index in [-0.39, 0.29) is 19.8 Å². The molecular formula is C42H81NO7P+. The summed E-state index contributed by atoms with van der Waals surface area (Å²) in [5.41, 5.74) is 0. The first-order chi connectivity index (χ1) is 24.6. The fraction of sp³-hybridized carbons (Fsp3) is 0.833. The number of likely N-dealkylation sites (N-methyl/N-ethyl adjacent to an activating group) is 1. The molecule has 0 radical (unpaired) electrons. The van der Waals surface area contributed by atoms with Gasteiger partial charge in [0.25, 0.3) is 0 Å². The summed E-state index contributed by atoms with van der Waals surface area (Å²) in [6, 6.07) is 0.